The number of imidazole rings is 1. The van der Waals surface area contributed by atoms with Crippen LogP contribution in [0.1, 0.15) is 62.0 Å². The first-order valence-corrected chi connectivity index (χ1v) is 13.1. The van der Waals surface area contributed by atoms with Crippen molar-refractivity contribution in [3.63, 3.8) is 0 Å². The van der Waals surface area contributed by atoms with Crippen LogP contribution >= 0.6 is 0 Å². The summed E-state index contributed by atoms with van der Waals surface area (Å²) in [6, 6.07) is 3.17. The first-order chi connectivity index (χ1) is 15.6. The summed E-state index contributed by atoms with van der Waals surface area (Å²) in [5.74, 6) is 1.58. The molecular formula is C23H31N5O4S. The van der Waals surface area contributed by atoms with Crippen molar-refractivity contribution in [2.45, 2.75) is 64.3 Å². The zero-order valence-electron chi connectivity index (χ0n) is 19.6. The van der Waals surface area contributed by atoms with Crippen molar-refractivity contribution in [2.24, 2.45) is 5.92 Å². The normalized spacial score (nSPS) is 17.6. The number of sulfone groups is 1. The molecule has 1 aliphatic rings. The molecule has 0 saturated heterocycles. The molecule has 178 valence electrons. The van der Waals surface area contributed by atoms with E-state index in [4.69, 9.17) is 9.97 Å². The fraction of sp³-hybridized carbons (Fsp3) is 0.522. The predicted octanol–water partition coefficient (Wildman–Crippen LogP) is 2.69. The van der Waals surface area contributed by atoms with Crippen LogP contribution in [-0.4, -0.2) is 51.0 Å². The zero-order chi connectivity index (χ0) is 24.1. The lowest BCUT2D eigenvalue weighted by molar-refractivity contribution is 0.172. The number of benzene rings is 1. The number of aryl methyl sites for hydroxylation is 1. The van der Waals surface area contributed by atoms with Crippen molar-refractivity contribution >= 4 is 26.8 Å². The number of aliphatic hydroxyl groups is 2. The topological polar surface area (TPSA) is 121 Å². The number of aromatic nitrogens is 4. The van der Waals surface area contributed by atoms with E-state index in [1.807, 2.05) is 13.8 Å². The zero-order valence-corrected chi connectivity index (χ0v) is 20.5. The third-order valence-corrected chi connectivity index (χ3v) is 7.51. The monoisotopic (exact) mass is 473 g/mol. The Morgan fingerprint density at radius 3 is 2.52 bits per heavy atom. The molecule has 33 heavy (non-hydrogen) atoms. The summed E-state index contributed by atoms with van der Waals surface area (Å²) in [4.78, 5) is 16.4. The van der Waals surface area contributed by atoms with E-state index in [2.05, 4.69) is 28.3 Å². The van der Waals surface area contributed by atoms with Gasteiger partial charge < -0.3 is 19.7 Å². The Kier molecular flexibility index (Phi) is 6.19. The van der Waals surface area contributed by atoms with Gasteiger partial charge in [-0.2, -0.15) is 0 Å². The van der Waals surface area contributed by atoms with Gasteiger partial charge in [-0.3, -0.25) is 0 Å². The van der Waals surface area contributed by atoms with Gasteiger partial charge in [-0.1, -0.05) is 20.8 Å². The molecule has 1 aromatic carbocycles. The summed E-state index contributed by atoms with van der Waals surface area (Å²) in [6.45, 7) is 8.87. The number of anilines is 1. The molecule has 0 bridgehead atoms. The fourth-order valence-corrected chi connectivity index (χ4v) is 5.59. The fourth-order valence-electron chi connectivity index (χ4n) is 4.66. The van der Waals surface area contributed by atoms with E-state index in [1.54, 1.807) is 18.3 Å². The van der Waals surface area contributed by atoms with Crippen LogP contribution in [0.15, 0.2) is 23.2 Å². The Morgan fingerprint density at radius 1 is 1.21 bits per heavy atom. The smallest absolute Gasteiger partial charge is 0.226 e. The van der Waals surface area contributed by atoms with Gasteiger partial charge in [0.25, 0.3) is 0 Å². The summed E-state index contributed by atoms with van der Waals surface area (Å²) >= 11 is 0. The average molecular weight is 474 g/mol. The first-order valence-electron chi connectivity index (χ1n) is 11.2. The van der Waals surface area contributed by atoms with Gasteiger partial charge in [-0.15, -0.1) is 0 Å². The maximum atomic E-state index is 12.3. The molecule has 10 heteroatoms. The molecule has 0 spiro atoms. The SMILES string of the molecule is CC[C@@H](O)c1cnc(N2CCn3c(nc4cc(CO)c(S(C)(=O)=O)cc43)[C@H]2C(C)C)nc1C. The van der Waals surface area contributed by atoms with E-state index in [-0.39, 0.29) is 23.5 Å². The summed E-state index contributed by atoms with van der Waals surface area (Å²) in [7, 11) is -3.50. The van der Waals surface area contributed by atoms with Crippen molar-refractivity contribution in [2.75, 3.05) is 17.7 Å². The van der Waals surface area contributed by atoms with Crippen molar-refractivity contribution < 1.29 is 18.6 Å². The number of rotatable bonds is 6. The van der Waals surface area contributed by atoms with Gasteiger partial charge >= 0.3 is 0 Å². The Morgan fingerprint density at radius 2 is 1.94 bits per heavy atom. The van der Waals surface area contributed by atoms with Crippen LogP contribution in [0.25, 0.3) is 11.0 Å². The second-order valence-corrected chi connectivity index (χ2v) is 11.0. The van der Waals surface area contributed by atoms with Crippen LogP contribution in [0.3, 0.4) is 0 Å². The van der Waals surface area contributed by atoms with Gasteiger partial charge in [0.15, 0.2) is 9.84 Å². The molecular weight excluding hydrogens is 442 g/mol. The highest BCUT2D eigenvalue weighted by atomic mass is 32.2. The lowest BCUT2D eigenvalue weighted by atomic mass is 10.00. The molecule has 0 unspecified atom stereocenters. The average Bonchev–Trinajstić information content (AvgIpc) is 3.13. The van der Waals surface area contributed by atoms with Gasteiger partial charge in [-0.05, 0) is 37.0 Å². The molecule has 4 rings (SSSR count). The minimum Gasteiger partial charge on any atom is -0.392 e. The van der Waals surface area contributed by atoms with Crippen molar-refractivity contribution in [1.29, 1.82) is 0 Å². The van der Waals surface area contributed by atoms with E-state index >= 15 is 0 Å². The van der Waals surface area contributed by atoms with Gasteiger partial charge in [0.2, 0.25) is 5.95 Å². The summed E-state index contributed by atoms with van der Waals surface area (Å²) in [5.41, 5.74) is 3.24. The van der Waals surface area contributed by atoms with Crippen LogP contribution in [0.4, 0.5) is 5.95 Å². The predicted molar refractivity (Wildman–Crippen MR) is 126 cm³/mol. The van der Waals surface area contributed by atoms with Gasteiger partial charge in [0.1, 0.15) is 5.82 Å². The Hall–Kier alpha value is -2.56. The van der Waals surface area contributed by atoms with Crippen molar-refractivity contribution in [3.05, 3.63) is 41.0 Å². The van der Waals surface area contributed by atoms with Gasteiger partial charge in [-0.25, -0.2) is 23.4 Å². The summed E-state index contributed by atoms with van der Waals surface area (Å²) < 4.78 is 26.7. The maximum absolute atomic E-state index is 12.3. The summed E-state index contributed by atoms with van der Waals surface area (Å²) in [6.07, 6.45) is 2.86. The third-order valence-electron chi connectivity index (χ3n) is 6.33. The molecule has 9 nitrogen and oxygen atoms in total. The Balaban J connectivity index is 1.83. The summed E-state index contributed by atoms with van der Waals surface area (Å²) in [5, 5.41) is 20.0. The van der Waals surface area contributed by atoms with Crippen LogP contribution in [0, 0.1) is 12.8 Å². The molecule has 0 saturated carbocycles. The molecule has 3 aromatic rings. The van der Waals surface area contributed by atoms with Gasteiger partial charge in [0, 0.05) is 36.8 Å². The molecule has 2 N–H and O–H groups in total. The molecule has 3 heterocycles. The molecule has 1 aliphatic heterocycles. The molecule has 2 atom stereocenters. The molecule has 0 aliphatic carbocycles. The second-order valence-electron chi connectivity index (χ2n) is 9.02. The minimum absolute atomic E-state index is 0.119. The van der Waals surface area contributed by atoms with Crippen molar-refractivity contribution in [3.8, 4) is 0 Å². The molecule has 0 fully saturated rings. The Labute approximate surface area is 194 Å². The Bertz CT molecular complexity index is 1300. The number of fused-ring (bicyclic) bond motifs is 3. The number of hydrogen-bond acceptors (Lipinski definition) is 8. The molecule has 2 aromatic heterocycles. The minimum atomic E-state index is -3.50. The van der Waals surface area contributed by atoms with Crippen LogP contribution in [0.5, 0.6) is 0 Å². The van der Waals surface area contributed by atoms with Crippen LogP contribution < -0.4 is 4.90 Å². The van der Waals surface area contributed by atoms with Crippen LogP contribution in [-0.2, 0) is 23.0 Å². The van der Waals surface area contributed by atoms with E-state index in [9.17, 15) is 18.6 Å². The molecule has 0 radical (unpaired) electrons. The number of hydrogen-bond donors (Lipinski definition) is 2. The quantitative estimate of drug-likeness (QED) is 0.560. The highest BCUT2D eigenvalue weighted by molar-refractivity contribution is 7.90. The number of nitrogens with zero attached hydrogens (tertiary/aromatic N) is 5. The first kappa shape index (κ1) is 23.6. The highest BCUT2D eigenvalue weighted by Gasteiger charge is 2.35. The standard InChI is InChI=1S/C23H31N5O4S/c1-6-19(30)16-11-24-23(25-14(16)4)28-8-7-27-18-10-20(33(5,31)32)15(12-29)9-17(18)26-22(27)21(28)13(2)3/h9-11,13,19,21,29-30H,6-8,12H2,1-5H3/t19-,21-/m1/s1. The second kappa shape index (κ2) is 8.66. The maximum Gasteiger partial charge on any atom is 0.226 e. The van der Waals surface area contributed by atoms with Gasteiger partial charge in [0.05, 0.1) is 34.7 Å². The van der Waals surface area contributed by atoms with Crippen LogP contribution in [0.2, 0.25) is 0 Å². The van der Waals surface area contributed by atoms with E-state index in [0.29, 0.717) is 36.5 Å². The van der Waals surface area contributed by atoms with E-state index in [0.717, 1.165) is 28.9 Å². The van der Waals surface area contributed by atoms with Crippen molar-refractivity contribution in [1.82, 2.24) is 19.5 Å². The number of aliphatic hydroxyl groups excluding tert-OH is 2. The lowest BCUT2D eigenvalue weighted by Gasteiger charge is -2.38. The lowest BCUT2D eigenvalue weighted by Crippen LogP contribution is -2.42. The third kappa shape index (κ3) is 4.11. The van der Waals surface area contributed by atoms with E-state index < -0.39 is 15.9 Å². The largest absolute Gasteiger partial charge is 0.392 e. The highest BCUT2D eigenvalue weighted by Crippen LogP contribution is 2.37. The molecule has 0 amide bonds. The van der Waals surface area contributed by atoms with E-state index in [1.165, 1.54) is 0 Å².